The number of hydrogen-bond donors (Lipinski definition) is 0. The quantitative estimate of drug-likeness (QED) is 0.565. The second-order valence-corrected chi connectivity index (χ2v) is 3.90. The first-order valence-electron chi connectivity index (χ1n) is 6.08. The van der Waals surface area contributed by atoms with Crippen LogP contribution in [0.1, 0.15) is 19.4 Å². The highest BCUT2D eigenvalue weighted by atomic mass is 15.0. The van der Waals surface area contributed by atoms with Gasteiger partial charge in [-0.3, -0.25) is 0 Å². The van der Waals surface area contributed by atoms with Gasteiger partial charge in [-0.1, -0.05) is 32.0 Å². The fourth-order valence-electron chi connectivity index (χ4n) is 2.22. The van der Waals surface area contributed by atoms with E-state index in [9.17, 15) is 0 Å². The maximum atomic E-state index is 4.44. The molecule has 1 aromatic carbocycles. The number of aryl methyl sites for hydroxylation is 2. The smallest absolute Gasteiger partial charge is 0.140 e. The Morgan fingerprint density at radius 3 is 2.53 bits per heavy atom. The molecular formula is C15H18N2. The van der Waals surface area contributed by atoms with E-state index in [1.54, 1.807) is 0 Å². The minimum Gasteiger partial charge on any atom is -0.328 e. The van der Waals surface area contributed by atoms with Crippen LogP contribution in [0.2, 0.25) is 0 Å². The van der Waals surface area contributed by atoms with Gasteiger partial charge in [-0.15, -0.1) is 0 Å². The van der Waals surface area contributed by atoms with Gasteiger partial charge in [0.15, 0.2) is 0 Å². The van der Waals surface area contributed by atoms with E-state index in [4.69, 9.17) is 0 Å². The fourth-order valence-corrected chi connectivity index (χ4v) is 2.22. The summed E-state index contributed by atoms with van der Waals surface area (Å²) in [6.07, 6.45) is 1.87. The van der Waals surface area contributed by atoms with Crippen LogP contribution < -0.4 is 0 Å². The van der Waals surface area contributed by atoms with Crippen molar-refractivity contribution >= 4 is 21.9 Å². The molecule has 2 nitrogen and oxygen atoms in total. The van der Waals surface area contributed by atoms with Crippen LogP contribution in [-0.4, -0.2) is 9.55 Å². The normalized spacial score (nSPS) is 10.4. The Morgan fingerprint density at radius 2 is 1.76 bits per heavy atom. The Bertz CT molecular complexity index is 650. The predicted molar refractivity (Wildman–Crippen MR) is 74.3 cm³/mol. The average molecular weight is 226 g/mol. The van der Waals surface area contributed by atoms with Gasteiger partial charge in [0, 0.05) is 24.0 Å². The van der Waals surface area contributed by atoms with Gasteiger partial charge in [0.25, 0.3) is 0 Å². The highest BCUT2D eigenvalue weighted by Gasteiger charge is 2.09. The lowest BCUT2D eigenvalue weighted by Gasteiger charge is -1.96. The van der Waals surface area contributed by atoms with Crippen LogP contribution in [0.3, 0.4) is 0 Å². The average Bonchev–Trinajstić information content (AvgIpc) is 2.68. The zero-order valence-corrected chi connectivity index (χ0v) is 10.9. The molecule has 0 saturated heterocycles. The standard InChI is InChI=1S/C13H12N2.C2H6/c1-9-7-8-14-13-12(9)10-5-3-4-6-11(10)15(13)2;1-2/h3-8H,1-2H3;1-2H3. The molecule has 0 saturated carbocycles. The van der Waals surface area contributed by atoms with E-state index in [-0.39, 0.29) is 0 Å². The molecule has 0 spiro atoms. The molecule has 0 radical (unpaired) electrons. The van der Waals surface area contributed by atoms with Crippen LogP contribution in [-0.2, 0) is 7.05 Å². The lowest BCUT2D eigenvalue weighted by Crippen LogP contribution is -1.88. The molecule has 0 bridgehead atoms. The molecule has 2 heterocycles. The molecule has 3 aromatic rings. The van der Waals surface area contributed by atoms with Gasteiger partial charge in [0.2, 0.25) is 0 Å². The minimum atomic E-state index is 1.07. The second-order valence-electron chi connectivity index (χ2n) is 3.90. The third-order valence-corrected chi connectivity index (χ3v) is 2.99. The maximum absolute atomic E-state index is 4.44. The molecular weight excluding hydrogens is 208 g/mol. The maximum Gasteiger partial charge on any atom is 0.140 e. The Balaban J connectivity index is 0.000000514. The summed E-state index contributed by atoms with van der Waals surface area (Å²) >= 11 is 0. The van der Waals surface area contributed by atoms with Crippen molar-refractivity contribution in [3.8, 4) is 0 Å². The zero-order chi connectivity index (χ0) is 12.4. The largest absolute Gasteiger partial charge is 0.328 e. The number of rotatable bonds is 0. The zero-order valence-electron chi connectivity index (χ0n) is 10.9. The van der Waals surface area contributed by atoms with Crippen LogP contribution in [0.4, 0.5) is 0 Å². The van der Waals surface area contributed by atoms with Gasteiger partial charge in [-0.05, 0) is 24.6 Å². The number of fused-ring (bicyclic) bond motifs is 3. The van der Waals surface area contributed by atoms with Gasteiger partial charge in [-0.2, -0.15) is 0 Å². The Labute approximate surface area is 102 Å². The summed E-state index contributed by atoms with van der Waals surface area (Å²) in [5, 5.41) is 2.57. The van der Waals surface area contributed by atoms with E-state index in [1.165, 1.54) is 21.9 Å². The first-order valence-corrected chi connectivity index (χ1v) is 6.08. The fraction of sp³-hybridized carbons (Fsp3) is 0.267. The Hall–Kier alpha value is -1.83. The molecule has 3 rings (SSSR count). The molecule has 0 N–H and O–H groups in total. The van der Waals surface area contributed by atoms with Crippen molar-refractivity contribution in [2.75, 3.05) is 0 Å². The number of benzene rings is 1. The van der Waals surface area contributed by atoms with E-state index in [0.29, 0.717) is 0 Å². The van der Waals surface area contributed by atoms with Crippen molar-refractivity contribution in [3.05, 3.63) is 42.1 Å². The van der Waals surface area contributed by atoms with E-state index in [2.05, 4.69) is 53.9 Å². The Morgan fingerprint density at radius 1 is 1.06 bits per heavy atom. The van der Waals surface area contributed by atoms with Crippen molar-refractivity contribution in [2.24, 2.45) is 7.05 Å². The molecule has 88 valence electrons. The Kier molecular flexibility index (Phi) is 3.14. The third-order valence-electron chi connectivity index (χ3n) is 2.99. The number of pyridine rings is 1. The molecule has 0 fully saturated rings. The molecule has 0 atom stereocenters. The van der Waals surface area contributed by atoms with Crippen LogP contribution in [0.5, 0.6) is 0 Å². The summed E-state index contributed by atoms with van der Waals surface area (Å²) in [7, 11) is 2.07. The van der Waals surface area contributed by atoms with Crippen LogP contribution >= 0.6 is 0 Å². The van der Waals surface area contributed by atoms with Crippen molar-refractivity contribution in [1.29, 1.82) is 0 Å². The second kappa shape index (κ2) is 4.58. The van der Waals surface area contributed by atoms with E-state index >= 15 is 0 Å². The van der Waals surface area contributed by atoms with Gasteiger partial charge < -0.3 is 4.57 Å². The summed E-state index contributed by atoms with van der Waals surface area (Å²) in [4.78, 5) is 4.44. The summed E-state index contributed by atoms with van der Waals surface area (Å²) in [5.74, 6) is 0. The molecule has 0 aliphatic rings. The van der Waals surface area contributed by atoms with Crippen LogP contribution in [0.15, 0.2) is 36.5 Å². The summed E-state index contributed by atoms with van der Waals surface area (Å²) in [6, 6.07) is 10.5. The molecule has 0 aliphatic heterocycles. The van der Waals surface area contributed by atoms with Gasteiger partial charge >= 0.3 is 0 Å². The number of aromatic nitrogens is 2. The highest BCUT2D eigenvalue weighted by molar-refractivity contribution is 6.08. The first-order chi connectivity index (χ1) is 8.29. The summed E-state index contributed by atoms with van der Waals surface area (Å²) in [5.41, 5.74) is 3.60. The lowest BCUT2D eigenvalue weighted by atomic mass is 10.1. The van der Waals surface area contributed by atoms with E-state index < -0.39 is 0 Å². The van der Waals surface area contributed by atoms with Crippen molar-refractivity contribution in [2.45, 2.75) is 20.8 Å². The third kappa shape index (κ3) is 1.70. The van der Waals surface area contributed by atoms with Crippen molar-refractivity contribution in [1.82, 2.24) is 9.55 Å². The van der Waals surface area contributed by atoms with Crippen molar-refractivity contribution < 1.29 is 0 Å². The SMILES string of the molecule is CC.Cc1ccnc2c1c1ccccc1n2C. The van der Waals surface area contributed by atoms with Gasteiger partial charge in [0.1, 0.15) is 5.65 Å². The van der Waals surface area contributed by atoms with Crippen LogP contribution in [0.25, 0.3) is 21.9 Å². The summed E-state index contributed by atoms with van der Waals surface area (Å²) in [6.45, 7) is 6.14. The molecule has 0 aliphatic carbocycles. The molecule has 0 amide bonds. The van der Waals surface area contributed by atoms with Gasteiger partial charge in [-0.25, -0.2) is 4.98 Å². The predicted octanol–water partition coefficient (Wildman–Crippen LogP) is 4.06. The molecule has 2 heteroatoms. The topological polar surface area (TPSA) is 17.8 Å². The monoisotopic (exact) mass is 226 g/mol. The van der Waals surface area contributed by atoms with Gasteiger partial charge in [0.05, 0.1) is 5.52 Å². The molecule has 2 aromatic heterocycles. The molecule has 0 unspecified atom stereocenters. The summed E-state index contributed by atoms with van der Waals surface area (Å²) < 4.78 is 2.15. The van der Waals surface area contributed by atoms with Crippen molar-refractivity contribution in [3.63, 3.8) is 0 Å². The molecule has 17 heavy (non-hydrogen) atoms. The minimum absolute atomic E-state index is 1.07. The van der Waals surface area contributed by atoms with E-state index in [1.807, 2.05) is 20.0 Å². The number of para-hydroxylation sites is 1. The number of hydrogen-bond acceptors (Lipinski definition) is 1. The highest BCUT2D eigenvalue weighted by Crippen LogP contribution is 2.28. The lowest BCUT2D eigenvalue weighted by molar-refractivity contribution is 0.989. The first kappa shape index (κ1) is 11.6. The van der Waals surface area contributed by atoms with E-state index in [0.717, 1.165) is 5.65 Å². The number of nitrogens with zero attached hydrogens (tertiary/aromatic N) is 2. The van der Waals surface area contributed by atoms with Crippen LogP contribution in [0, 0.1) is 6.92 Å².